The van der Waals surface area contributed by atoms with Crippen LogP contribution in [0.4, 0.5) is 11.4 Å². The van der Waals surface area contributed by atoms with Gasteiger partial charge < -0.3 is 10.4 Å². The molecule has 1 amide bonds. The molecule has 0 bridgehead atoms. The van der Waals surface area contributed by atoms with E-state index in [-0.39, 0.29) is 11.5 Å². The van der Waals surface area contributed by atoms with Crippen molar-refractivity contribution in [1.29, 1.82) is 0 Å². The molecule has 0 aliphatic carbocycles. The van der Waals surface area contributed by atoms with E-state index in [2.05, 4.69) is 15.5 Å². The number of aliphatic hydroxyl groups excluding tert-OH is 1. The number of benzene rings is 2. The second-order valence-corrected chi connectivity index (χ2v) is 4.79. The second-order valence-electron chi connectivity index (χ2n) is 4.79. The van der Waals surface area contributed by atoms with E-state index >= 15 is 0 Å². The van der Waals surface area contributed by atoms with Crippen LogP contribution < -0.4 is 5.32 Å². The lowest BCUT2D eigenvalue weighted by Gasteiger charge is -2.05. The average molecular weight is 295 g/mol. The van der Waals surface area contributed by atoms with E-state index in [0.717, 1.165) is 5.56 Å². The van der Waals surface area contributed by atoms with Gasteiger partial charge in [-0.3, -0.25) is 4.79 Å². The van der Waals surface area contributed by atoms with Crippen molar-refractivity contribution in [3.8, 4) is 0 Å². The Morgan fingerprint density at radius 3 is 2.27 bits per heavy atom. The van der Waals surface area contributed by atoms with Crippen molar-refractivity contribution in [3.05, 3.63) is 71.6 Å². The van der Waals surface area contributed by atoms with Crippen LogP contribution in [-0.2, 0) is 4.79 Å². The summed E-state index contributed by atoms with van der Waals surface area (Å²) >= 11 is 0. The Morgan fingerprint density at radius 1 is 1.05 bits per heavy atom. The zero-order valence-corrected chi connectivity index (χ0v) is 12.4. The summed E-state index contributed by atoms with van der Waals surface area (Å²) in [5.74, 6) is -0.702. The summed E-state index contributed by atoms with van der Waals surface area (Å²) in [7, 11) is 0. The van der Waals surface area contributed by atoms with Crippen molar-refractivity contribution in [2.75, 3.05) is 5.32 Å². The molecule has 0 saturated carbocycles. The molecule has 0 fully saturated rings. The molecule has 0 unspecified atom stereocenters. The van der Waals surface area contributed by atoms with E-state index in [1.807, 2.05) is 25.1 Å². The van der Waals surface area contributed by atoms with Gasteiger partial charge in [0, 0.05) is 5.69 Å². The van der Waals surface area contributed by atoms with E-state index in [0.29, 0.717) is 11.4 Å². The van der Waals surface area contributed by atoms with Gasteiger partial charge in [-0.15, -0.1) is 5.11 Å². The Bertz CT molecular complexity index is 700. The molecule has 2 rings (SSSR count). The van der Waals surface area contributed by atoms with Gasteiger partial charge in [0.2, 0.25) is 0 Å². The van der Waals surface area contributed by atoms with Gasteiger partial charge >= 0.3 is 0 Å². The Hall–Kier alpha value is -2.95. The fraction of sp³-hybridized carbons (Fsp3) is 0.118. The van der Waals surface area contributed by atoms with Crippen molar-refractivity contribution >= 4 is 17.3 Å². The van der Waals surface area contributed by atoms with Gasteiger partial charge in [-0.1, -0.05) is 35.9 Å². The number of rotatable bonds is 4. The monoisotopic (exact) mass is 295 g/mol. The maximum Gasteiger partial charge on any atom is 0.279 e. The lowest BCUT2D eigenvalue weighted by atomic mass is 10.2. The van der Waals surface area contributed by atoms with Gasteiger partial charge in [0.15, 0.2) is 5.70 Å². The summed E-state index contributed by atoms with van der Waals surface area (Å²) in [6, 6.07) is 16.3. The molecule has 0 heterocycles. The maximum absolute atomic E-state index is 12.1. The summed E-state index contributed by atoms with van der Waals surface area (Å²) in [6.45, 7) is 3.37. The second kappa shape index (κ2) is 7.17. The zero-order chi connectivity index (χ0) is 15.9. The highest BCUT2D eigenvalue weighted by Gasteiger charge is 2.13. The summed E-state index contributed by atoms with van der Waals surface area (Å²) in [6.07, 6.45) is 0. The molecule has 2 N–H and O–H groups in total. The van der Waals surface area contributed by atoms with Crippen LogP contribution in [0.25, 0.3) is 0 Å². The normalized spacial score (nSPS) is 12.1. The summed E-state index contributed by atoms with van der Waals surface area (Å²) in [4.78, 5) is 12.1. The summed E-state index contributed by atoms with van der Waals surface area (Å²) < 4.78 is 0. The number of carbonyl (C=O) groups is 1. The van der Waals surface area contributed by atoms with E-state index in [1.165, 1.54) is 6.92 Å². The minimum absolute atomic E-state index is 0.121. The van der Waals surface area contributed by atoms with Crippen LogP contribution in [0.3, 0.4) is 0 Å². The third kappa shape index (κ3) is 4.28. The fourth-order valence-corrected chi connectivity index (χ4v) is 1.71. The van der Waals surface area contributed by atoms with Crippen molar-refractivity contribution in [2.45, 2.75) is 13.8 Å². The van der Waals surface area contributed by atoms with E-state index in [1.54, 1.807) is 36.4 Å². The third-order valence-corrected chi connectivity index (χ3v) is 2.89. The van der Waals surface area contributed by atoms with E-state index in [9.17, 15) is 9.90 Å². The van der Waals surface area contributed by atoms with Gasteiger partial charge in [-0.05, 0) is 38.1 Å². The molecule has 112 valence electrons. The Labute approximate surface area is 129 Å². The van der Waals surface area contributed by atoms with E-state index < -0.39 is 5.91 Å². The van der Waals surface area contributed by atoms with Crippen LogP contribution in [0.2, 0.25) is 0 Å². The topological polar surface area (TPSA) is 74.0 Å². The molecule has 5 nitrogen and oxygen atoms in total. The standard InChI is InChI=1S/C17H17N3O2/c1-12-8-10-15(11-9-12)19-20-16(13(2)21)17(22)18-14-6-4-3-5-7-14/h3-11,21H,1-2H3,(H,18,22)/b16-13-,20-19?. The SMILES string of the molecule is C/C(O)=C(/N=Nc1ccc(C)cc1)C(=O)Nc1ccccc1. The quantitative estimate of drug-likeness (QED) is 0.495. The first-order valence-corrected chi connectivity index (χ1v) is 6.81. The van der Waals surface area contributed by atoms with Crippen molar-refractivity contribution < 1.29 is 9.90 Å². The highest BCUT2D eigenvalue weighted by molar-refractivity contribution is 6.03. The molecule has 2 aromatic carbocycles. The van der Waals surface area contributed by atoms with Crippen molar-refractivity contribution in [3.63, 3.8) is 0 Å². The number of allylic oxidation sites excluding steroid dienone is 1. The molecule has 0 saturated heterocycles. The average Bonchev–Trinajstić information content (AvgIpc) is 2.50. The fourth-order valence-electron chi connectivity index (χ4n) is 1.71. The molecular formula is C17H17N3O2. The third-order valence-electron chi connectivity index (χ3n) is 2.89. The van der Waals surface area contributed by atoms with Gasteiger partial charge in [-0.2, -0.15) is 5.11 Å². The maximum atomic E-state index is 12.1. The lowest BCUT2D eigenvalue weighted by molar-refractivity contribution is -0.113. The molecular weight excluding hydrogens is 278 g/mol. The van der Waals surface area contributed by atoms with Crippen LogP contribution in [0.1, 0.15) is 12.5 Å². The molecule has 2 aromatic rings. The largest absolute Gasteiger partial charge is 0.510 e. The molecule has 0 aliphatic rings. The number of nitrogens with one attached hydrogen (secondary N) is 1. The molecule has 0 aliphatic heterocycles. The molecule has 22 heavy (non-hydrogen) atoms. The van der Waals surface area contributed by atoms with Crippen LogP contribution >= 0.6 is 0 Å². The number of hydrogen-bond acceptors (Lipinski definition) is 4. The van der Waals surface area contributed by atoms with Gasteiger partial charge in [0.1, 0.15) is 5.76 Å². The number of amides is 1. The molecule has 0 atom stereocenters. The summed E-state index contributed by atoms with van der Waals surface area (Å²) in [5.41, 5.74) is 2.22. The zero-order valence-electron chi connectivity index (χ0n) is 12.4. The Morgan fingerprint density at radius 2 is 1.68 bits per heavy atom. The van der Waals surface area contributed by atoms with Gasteiger partial charge in [-0.25, -0.2) is 0 Å². The van der Waals surface area contributed by atoms with Crippen LogP contribution in [-0.4, -0.2) is 11.0 Å². The number of para-hydroxylation sites is 1. The molecule has 5 heteroatoms. The predicted octanol–water partition coefficient (Wildman–Crippen LogP) is 4.51. The first-order valence-electron chi connectivity index (χ1n) is 6.81. The van der Waals surface area contributed by atoms with Crippen molar-refractivity contribution in [2.24, 2.45) is 10.2 Å². The van der Waals surface area contributed by atoms with Crippen LogP contribution in [0, 0.1) is 6.92 Å². The minimum Gasteiger partial charge on any atom is -0.510 e. The van der Waals surface area contributed by atoms with Crippen LogP contribution in [0.5, 0.6) is 0 Å². The van der Waals surface area contributed by atoms with Gasteiger partial charge in [0.05, 0.1) is 5.69 Å². The number of hydrogen-bond donors (Lipinski definition) is 2. The minimum atomic E-state index is -0.512. The molecule has 0 radical (unpaired) electrons. The Balaban J connectivity index is 2.15. The molecule has 0 aromatic heterocycles. The smallest absolute Gasteiger partial charge is 0.279 e. The van der Waals surface area contributed by atoms with Crippen LogP contribution in [0.15, 0.2) is 76.3 Å². The first-order chi connectivity index (χ1) is 10.6. The number of aryl methyl sites for hydroxylation is 1. The first kappa shape index (κ1) is 15.4. The number of carbonyl (C=O) groups excluding carboxylic acids is 1. The number of nitrogens with zero attached hydrogens (tertiary/aromatic N) is 2. The highest BCUT2D eigenvalue weighted by atomic mass is 16.3. The number of aliphatic hydroxyl groups is 1. The highest BCUT2D eigenvalue weighted by Crippen LogP contribution is 2.17. The Kier molecular flexibility index (Phi) is 5.03. The number of anilines is 1. The lowest BCUT2D eigenvalue weighted by Crippen LogP contribution is -2.14. The molecule has 0 spiro atoms. The predicted molar refractivity (Wildman–Crippen MR) is 86.1 cm³/mol. The van der Waals surface area contributed by atoms with Gasteiger partial charge in [0.25, 0.3) is 5.91 Å². The van der Waals surface area contributed by atoms with Crippen molar-refractivity contribution in [1.82, 2.24) is 0 Å². The number of azo groups is 1. The summed E-state index contributed by atoms with van der Waals surface area (Å²) in [5, 5.41) is 20.1. The van der Waals surface area contributed by atoms with E-state index in [4.69, 9.17) is 0 Å².